The third-order valence-corrected chi connectivity index (χ3v) is 7.31. The maximum atomic E-state index is 13.1. The number of carbonyl (C=O) groups excluding carboxylic acids is 1. The van der Waals surface area contributed by atoms with E-state index in [0.29, 0.717) is 18.1 Å². The number of aromatic nitrogens is 3. The number of hydrogen-bond donors (Lipinski definition) is 0. The summed E-state index contributed by atoms with van der Waals surface area (Å²) in [5, 5.41) is 11.7. The van der Waals surface area contributed by atoms with E-state index in [-0.39, 0.29) is 11.2 Å². The van der Waals surface area contributed by atoms with E-state index in [9.17, 15) is 4.79 Å². The largest absolute Gasteiger partial charge is 0.336 e. The van der Waals surface area contributed by atoms with Gasteiger partial charge in [0.25, 0.3) is 0 Å². The molecule has 4 rings (SSSR count). The summed E-state index contributed by atoms with van der Waals surface area (Å²) in [7, 11) is 0. The van der Waals surface area contributed by atoms with Crippen molar-refractivity contribution in [1.82, 2.24) is 19.7 Å². The maximum absolute atomic E-state index is 13.1. The van der Waals surface area contributed by atoms with Gasteiger partial charge in [-0.15, -0.1) is 21.5 Å². The molecule has 2 aliphatic rings. The van der Waals surface area contributed by atoms with Gasteiger partial charge in [0.2, 0.25) is 5.91 Å². The summed E-state index contributed by atoms with van der Waals surface area (Å²) in [4.78, 5) is 16.3. The Labute approximate surface area is 163 Å². The Balaban J connectivity index is 1.54. The number of piperidine rings is 1. The van der Waals surface area contributed by atoms with Crippen molar-refractivity contribution in [3.63, 3.8) is 0 Å². The van der Waals surface area contributed by atoms with Gasteiger partial charge in [0, 0.05) is 18.1 Å². The number of amides is 1. The van der Waals surface area contributed by atoms with Gasteiger partial charge in [-0.2, -0.15) is 0 Å². The Morgan fingerprint density at radius 1 is 1.23 bits per heavy atom. The van der Waals surface area contributed by atoms with Crippen LogP contribution in [0.5, 0.6) is 0 Å². The zero-order valence-corrected chi connectivity index (χ0v) is 17.2. The van der Waals surface area contributed by atoms with Crippen LogP contribution in [0.1, 0.15) is 58.9 Å². The fourth-order valence-electron chi connectivity index (χ4n) is 3.87. The highest BCUT2D eigenvalue weighted by Gasteiger charge is 2.35. The molecule has 1 saturated heterocycles. The van der Waals surface area contributed by atoms with E-state index < -0.39 is 0 Å². The number of thiophene rings is 1. The number of rotatable bonds is 5. The normalized spacial score (nSPS) is 24.7. The lowest BCUT2D eigenvalue weighted by Crippen LogP contribution is -2.50. The molecule has 0 aromatic carbocycles. The Kier molecular flexibility index (Phi) is 5.10. The van der Waals surface area contributed by atoms with Gasteiger partial charge >= 0.3 is 0 Å². The van der Waals surface area contributed by atoms with E-state index in [1.165, 1.54) is 19.3 Å². The third-order valence-electron chi connectivity index (χ3n) is 5.40. The summed E-state index contributed by atoms with van der Waals surface area (Å²) in [6.07, 6.45) is 5.77. The highest BCUT2D eigenvalue weighted by Crippen LogP contribution is 2.42. The molecule has 26 heavy (non-hydrogen) atoms. The first-order valence-corrected chi connectivity index (χ1v) is 11.3. The first-order chi connectivity index (χ1) is 12.6. The molecule has 7 heteroatoms. The predicted octanol–water partition coefficient (Wildman–Crippen LogP) is 4.61. The second-order valence-electron chi connectivity index (χ2n) is 7.52. The van der Waals surface area contributed by atoms with Crippen molar-refractivity contribution >= 4 is 29.0 Å². The van der Waals surface area contributed by atoms with Crippen molar-refractivity contribution in [2.75, 3.05) is 0 Å². The molecule has 3 atom stereocenters. The Morgan fingerprint density at radius 2 is 1.96 bits per heavy atom. The average molecular weight is 391 g/mol. The average Bonchev–Trinajstić information content (AvgIpc) is 3.14. The van der Waals surface area contributed by atoms with Crippen molar-refractivity contribution < 1.29 is 4.79 Å². The lowest BCUT2D eigenvalue weighted by Gasteiger charge is -2.40. The smallest absolute Gasteiger partial charge is 0.236 e. The van der Waals surface area contributed by atoms with Crippen LogP contribution < -0.4 is 0 Å². The number of thioether (sulfide) groups is 1. The molecule has 1 saturated carbocycles. The van der Waals surface area contributed by atoms with E-state index in [1.807, 2.05) is 13.0 Å². The molecule has 5 nitrogen and oxygen atoms in total. The Hall–Kier alpha value is -1.34. The predicted molar refractivity (Wildman–Crippen MR) is 107 cm³/mol. The van der Waals surface area contributed by atoms with Crippen molar-refractivity contribution in [3.05, 3.63) is 17.5 Å². The molecule has 0 radical (unpaired) electrons. The molecule has 1 amide bonds. The first kappa shape index (κ1) is 18.0. The van der Waals surface area contributed by atoms with Crippen LogP contribution in [0.15, 0.2) is 22.7 Å². The van der Waals surface area contributed by atoms with Gasteiger partial charge in [0.1, 0.15) is 0 Å². The van der Waals surface area contributed by atoms with Crippen molar-refractivity contribution in [3.8, 4) is 10.7 Å². The summed E-state index contributed by atoms with van der Waals surface area (Å²) in [5.41, 5.74) is 0. The summed E-state index contributed by atoms with van der Waals surface area (Å²) < 4.78 is 2.25. The molecule has 2 aromatic rings. The van der Waals surface area contributed by atoms with E-state index in [4.69, 9.17) is 0 Å². The van der Waals surface area contributed by atoms with Crippen molar-refractivity contribution in [2.45, 2.75) is 81.4 Å². The third kappa shape index (κ3) is 3.43. The monoisotopic (exact) mass is 390 g/mol. The van der Waals surface area contributed by atoms with Crippen LogP contribution in [-0.2, 0) is 4.79 Å². The minimum atomic E-state index is -0.143. The molecule has 1 aliphatic heterocycles. The van der Waals surface area contributed by atoms with Crippen LogP contribution in [0.3, 0.4) is 0 Å². The van der Waals surface area contributed by atoms with Crippen LogP contribution in [-0.4, -0.2) is 42.9 Å². The summed E-state index contributed by atoms with van der Waals surface area (Å²) in [6.45, 7) is 6.36. The molecule has 0 bridgehead atoms. The quantitative estimate of drug-likeness (QED) is 0.700. The highest BCUT2D eigenvalue weighted by molar-refractivity contribution is 8.00. The molecule has 1 aliphatic carbocycles. The fraction of sp³-hybridized carbons (Fsp3) is 0.632. The molecule has 2 fully saturated rings. The number of hydrogen-bond acceptors (Lipinski definition) is 5. The van der Waals surface area contributed by atoms with E-state index in [2.05, 4.69) is 45.0 Å². The summed E-state index contributed by atoms with van der Waals surface area (Å²) in [5.74, 6) is 1.18. The van der Waals surface area contributed by atoms with Gasteiger partial charge in [0.05, 0.1) is 10.1 Å². The van der Waals surface area contributed by atoms with Gasteiger partial charge in [-0.1, -0.05) is 17.8 Å². The van der Waals surface area contributed by atoms with E-state index >= 15 is 0 Å². The number of carbonyl (C=O) groups is 1. The van der Waals surface area contributed by atoms with E-state index in [0.717, 1.165) is 28.7 Å². The molecular weight excluding hydrogens is 364 g/mol. The molecule has 0 spiro atoms. The molecule has 2 aromatic heterocycles. The van der Waals surface area contributed by atoms with Gasteiger partial charge in [0.15, 0.2) is 11.0 Å². The van der Waals surface area contributed by atoms with Crippen molar-refractivity contribution in [2.24, 2.45) is 0 Å². The molecular formula is C19H26N4OS2. The molecule has 3 heterocycles. The SMILES string of the molecule is C[C@H](Sc1nnc(-c2cccs2)n1C1CC1)C(=O)N1[C@H](C)CCC[C@@H]1C. The van der Waals surface area contributed by atoms with Crippen LogP contribution in [0.25, 0.3) is 10.7 Å². The van der Waals surface area contributed by atoms with E-state index in [1.54, 1.807) is 23.1 Å². The van der Waals surface area contributed by atoms with Crippen LogP contribution >= 0.6 is 23.1 Å². The highest BCUT2D eigenvalue weighted by atomic mass is 32.2. The second-order valence-corrected chi connectivity index (χ2v) is 9.77. The first-order valence-electron chi connectivity index (χ1n) is 9.54. The molecule has 140 valence electrons. The Morgan fingerprint density at radius 3 is 2.58 bits per heavy atom. The number of likely N-dealkylation sites (tertiary alicyclic amines) is 1. The van der Waals surface area contributed by atoms with Crippen LogP contribution in [0, 0.1) is 0 Å². The van der Waals surface area contributed by atoms with Crippen LogP contribution in [0.2, 0.25) is 0 Å². The molecule has 0 unspecified atom stereocenters. The van der Waals surface area contributed by atoms with Gasteiger partial charge in [-0.05, 0) is 64.3 Å². The number of nitrogens with zero attached hydrogens (tertiary/aromatic N) is 4. The lowest BCUT2D eigenvalue weighted by atomic mass is 9.97. The Bertz CT molecular complexity index is 759. The standard InChI is InChI=1S/C19H26N4OS2/c1-12-6-4-7-13(2)22(12)18(24)14(3)26-19-21-20-17(16-8-5-11-25-16)23(19)15-9-10-15/h5,8,11-15H,4,6-7,9-10H2,1-3H3/t12-,13+,14-/m0/s1. The van der Waals surface area contributed by atoms with Gasteiger partial charge < -0.3 is 4.90 Å². The van der Waals surface area contributed by atoms with Crippen LogP contribution in [0.4, 0.5) is 0 Å². The zero-order chi connectivity index (χ0) is 18.3. The zero-order valence-electron chi connectivity index (χ0n) is 15.6. The minimum Gasteiger partial charge on any atom is -0.336 e. The minimum absolute atomic E-state index is 0.143. The van der Waals surface area contributed by atoms with Crippen molar-refractivity contribution in [1.29, 1.82) is 0 Å². The maximum Gasteiger partial charge on any atom is 0.236 e. The lowest BCUT2D eigenvalue weighted by molar-refractivity contribution is -0.136. The summed E-state index contributed by atoms with van der Waals surface area (Å²) in [6, 6.07) is 5.28. The molecule has 0 N–H and O–H groups in total. The topological polar surface area (TPSA) is 51.0 Å². The van der Waals surface area contributed by atoms with Gasteiger partial charge in [-0.25, -0.2) is 0 Å². The van der Waals surface area contributed by atoms with Gasteiger partial charge in [-0.3, -0.25) is 9.36 Å². The second kappa shape index (κ2) is 7.35. The summed E-state index contributed by atoms with van der Waals surface area (Å²) >= 11 is 3.25. The fourth-order valence-corrected chi connectivity index (χ4v) is 5.55.